The SMILES string of the molecule is CCN(CC1CCC1)c1ncc(CN)c2ccccc12. The summed E-state index contributed by atoms with van der Waals surface area (Å²) in [6.45, 7) is 4.90. The Morgan fingerprint density at radius 3 is 2.60 bits per heavy atom. The molecule has 0 saturated heterocycles. The van der Waals surface area contributed by atoms with E-state index in [0.717, 1.165) is 30.4 Å². The first-order chi connectivity index (χ1) is 9.83. The topological polar surface area (TPSA) is 42.2 Å². The van der Waals surface area contributed by atoms with Crippen molar-refractivity contribution in [3.05, 3.63) is 36.0 Å². The number of anilines is 1. The van der Waals surface area contributed by atoms with E-state index in [0.29, 0.717) is 6.54 Å². The maximum Gasteiger partial charge on any atom is 0.136 e. The summed E-state index contributed by atoms with van der Waals surface area (Å²) in [5.74, 6) is 1.97. The van der Waals surface area contributed by atoms with E-state index >= 15 is 0 Å². The molecule has 0 spiro atoms. The van der Waals surface area contributed by atoms with E-state index in [1.165, 1.54) is 30.0 Å². The number of pyridine rings is 1. The van der Waals surface area contributed by atoms with Gasteiger partial charge in [-0.15, -0.1) is 0 Å². The van der Waals surface area contributed by atoms with Crippen molar-refractivity contribution in [3.63, 3.8) is 0 Å². The fourth-order valence-corrected chi connectivity index (χ4v) is 3.00. The van der Waals surface area contributed by atoms with Gasteiger partial charge in [-0.05, 0) is 36.6 Å². The van der Waals surface area contributed by atoms with Gasteiger partial charge in [-0.3, -0.25) is 0 Å². The first-order valence-corrected chi connectivity index (χ1v) is 7.65. The van der Waals surface area contributed by atoms with Gasteiger partial charge in [0.1, 0.15) is 5.82 Å². The van der Waals surface area contributed by atoms with Crippen LogP contribution in [0.15, 0.2) is 30.5 Å². The van der Waals surface area contributed by atoms with Crippen LogP contribution in [-0.4, -0.2) is 18.1 Å². The molecule has 0 radical (unpaired) electrons. The standard InChI is InChI=1S/C17H23N3/c1-2-20(12-13-6-5-7-13)17-16-9-4-3-8-15(16)14(10-18)11-19-17/h3-4,8-9,11,13H,2,5-7,10,12,18H2,1H3. The third-order valence-electron chi connectivity index (χ3n) is 4.46. The first kappa shape index (κ1) is 13.4. The summed E-state index contributed by atoms with van der Waals surface area (Å²) in [6, 6.07) is 8.48. The highest BCUT2D eigenvalue weighted by atomic mass is 15.2. The number of fused-ring (bicyclic) bond motifs is 1. The van der Waals surface area contributed by atoms with Gasteiger partial charge in [-0.25, -0.2) is 4.98 Å². The van der Waals surface area contributed by atoms with E-state index in [4.69, 9.17) is 10.7 Å². The van der Waals surface area contributed by atoms with Gasteiger partial charge >= 0.3 is 0 Å². The molecule has 0 amide bonds. The van der Waals surface area contributed by atoms with Crippen LogP contribution in [0.5, 0.6) is 0 Å². The highest BCUT2D eigenvalue weighted by molar-refractivity contribution is 5.94. The van der Waals surface area contributed by atoms with Crippen LogP contribution < -0.4 is 10.6 Å². The lowest BCUT2D eigenvalue weighted by Crippen LogP contribution is -2.33. The molecular weight excluding hydrogens is 246 g/mol. The fourth-order valence-electron chi connectivity index (χ4n) is 3.00. The van der Waals surface area contributed by atoms with Gasteiger partial charge in [0, 0.05) is 31.2 Å². The van der Waals surface area contributed by atoms with E-state index in [1.807, 2.05) is 6.20 Å². The van der Waals surface area contributed by atoms with Crippen molar-refractivity contribution in [2.24, 2.45) is 11.7 Å². The number of aromatic nitrogens is 1. The molecule has 1 aromatic carbocycles. The molecule has 0 atom stereocenters. The lowest BCUT2D eigenvalue weighted by molar-refractivity contribution is 0.318. The van der Waals surface area contributed by atoms with Crippen molar-refractivity contribution in [2.45, 2.75) is 32.7 Å². The van der Waals surface area contributed by atoms with Crippen molar-refractivity contribution in [1.29, 1.82) is 0 Å². The Hall–Kier alpha value is -1.61. The molecule has 2 aromatic rings. The average Bonchev–Trinajstić information content (AvgIpc) is 2.46. The van der Waals surface area contributed by atoms with Gasteiger partial charge in [0.25, 0.3) is 0 Å². The number of rotatable bonds is 5. The molecule has 106 valence electrons. The zero-order valence-electron chi connectivity index (χ0n) is 12.2. The molecule has 1 aliphatic carbocycles. The molecule has 1 aliphatic rings. The van der Waals surface area contributed by atoms with Crippen molar-refractivity contribution in [1.82, 2.24) is 4.98 Å². The molecular formula is C17H23N3. The molecule has 3 heteroatoms. The lowest BCUT2D eigenvalue weighted by Gasteiger charge is -2.33. The van der Waals surface area contributed by atoms with Crippen molar-refractivity contribution < 1.29 is 0 Å². The van der Waals surface area contributed by atoms with Crippen molar-refractivity contribution in [3.8, 4) is 0 Å². The summed E-state index contributed by atoms with van der Waals surface area (Å²) >= 11 is 0. The lowest BCUT2D eigenvalue weighted by atomic mass is 9.85. The summed E-state index contributed by atoms with van der Waals surface area (Å²) in [4.78, 5) is 7.13. The second-order valence-corrected chi connectivity index (χ2v) is 5.69. The zero-order valence-corrected chi connectivity index (χ0v) is 12.2. The molecule has 0 bridgehead atoms. The molecule has 3 nitrogen and oxygen atoms in total. The monoisotopic (exact) mass is 269 g/mol. The highest BCUT2D eigenvalue weighted by Crippen LogP contribution is 2.31. The largest absolute Gasteiger partial charge is 0.356 e. The summed E-state index contributed by atoms with van der Waals surface area (Å²) in [7, 11) is 0. The van der Waals surface area contributed by atoms with E-state index < -0.39 is 0 Å². The van der Waals surface area contributed by atoms with E-state index in [2.05, 4.69) is 36.1 Å². The Labute approximate surface area is 120 Å². The predicted octanol–water partition coefficient (Wildman–Crippen LogP) is 3.32. The molecule has 0 aliphatic heterocycles. The maximum absolute atomic E-state index is 5.83. The van der Waals surface area contributed by atoms with Gasteiger partial charge in [0.05, 0.1) is 0 Å². The van der Waals surface area contributed by atoms with Crippen LogP contribution in [0.2, 0.25) is 0 Å². The quantitative estimate of drug-likeness (QED) is 0.905. The first-order valence-electron chi connectivity index (χ1n) is 7.65. The molecule has 1 aromatic heterocycles. The van der Waals surface area contributed by atoms with Crippen LogP contribution in [-0.2, 0) is 6.54 Å². The second kappa shape index (κ2) is 5.80. The Morgan fingerprint density at radius 2 is 2.00 bits per heavy atom. The predicted molar refractivity (Wildman–Crippen MR) is 84.9 cm³/mol. The third kappa shape index (κ3) is 2.38. The number of nitrogens with two attached hydrogens (primary N) is 1. The fraction of sp³-hybridized carbons (Fsp3) is 0.471. The van der Waals surface area contributed by atoms with Crippen molar-refractivity contribution in [2.75, 3.05) is 18.0 Å². The Morgan fingerprint density at radius 1 is 1.25 bits per heavy atom. The van der Waals surface area contributed by atoms with Gasteiger partial charge in [-0.2, -0.15) is 0 Å². The Kier molecular flexibility index (Phi) is 3.88. The zero-order chi connectivity index (χ0) is 13.9. The molecule has 3 rings (SSSR count). The minimum Gasteiger partial charge on any atom is -0.356 e. The molecule has 1 saturated carbocycles. The van der Waals surface area contributed by atoms with E-state index in [1.54, 1.807) is 0 Å². The summed E-state index contributed by atoms with van der Waals surface area (Å²) in [5, 5.41) is 2.48. The van der Waals surface area contributed by atoms with Crippen LogP contribution in [0.25, 0.3) is 10.8 Å². The molecule has 0 unspecified atom stereocenters. The molecule has 1 fully saturated rings. The normalized spacial score (nSPS) is 15.3. The third-order valence-corrected chi connectivity index (χ3v) is 4.46. The minimum atomic E-state index is 0.544. The smallest absolute Gasteiger partial charge is 0.136 e. The number of nitrogens with zero attached hydrogens (tertiary/aromatic N) is 2. The molecule has 1 heterocycles. The summed E-state index contributed by atoms with van der Waals surface area (Å²) in [6.07, 6.45) is 6.08. The van der Waals surface area contributed by atoms with Gasteiger partial charge < -0.3 is 10.6 Å². The van der Waals surface area contributed by atoms with Gasteiger partial charge in [0.2, 0.25) is 0 Å². The number of benzene rings is 1. The van der Waals surface area contributed by atoms with Crippen LogP contribution in [0.3, 0.4) is 0 Å². The van der Waals surface area contributed by atoms with E-state index in [9.17, 15) is 0 Å². The second-order valence-electron chi connectivity index (χ2n) is 5.69. The van der Waals surface area contributed by atoms with Crippen LogP contribution in [0, 0.1) is 5.92 Å². The summed E-state index contributed by atoms with van der Waals surface area (Å²) < 4.78 is 0. The highest BCUT2D eigenvalue weighted by Gasteiger charge is 2.21. The Balaban J connectivity index is 2.00. The van der Waals surface area contributed by atoms with Crippen LogP contribution in [0.4, 0.5) is 5.82 Å². The van der Waals surface area contributed by atoms with Crippen LogP contribution >= 0.6 is 0 Å². The molecule has 20 heavy (non-hydrogen) atoms. The minimum absolute atomic E-state index is 0.544. The van der Waals surface area contributed by atoms with E-state index in [-0.39, 0.29) is 0 Å². The maximum atomic E-state index is 5.83. The average molecular weight is 269 g/mol. The number of hydrogen-bond donors (Lipinski definition) is 1. The van der Waals surface area contributed by atoms with Crippen LogP contribution in [0.1, 0.15) is 31.7 Å². The Bertz CT molecular complexity index is 590. The summed E-state index contributed by atoms with van der Waals surface area (Å²) in [5.41, 5.74) is 6.96. The number of hydrogen-bond acceptors (Lipinski definition) is 3. The van der Waals surface area contributed by atoms with Gasteiger partial charge in [0.15, 0.2) is 0 Å². The van der Waals surface area contributed by atoms with Crippen molar-refractivity contribution >= 4 is 16.6 Å². The van der Waals surface area contributed by atoms with Gasteiger partial charge in [-0.1, -0.05) is 30.7 Å². The molecule has 2 N–H and O–H groups in total.